The van der Waals surface area contributed by atoms with Gasteiger partial charge in [0.05, 0.1) is 26.1 Å². The lowest BCUT2D eigenvalue weighted by Gasteiger charge is -2.11. The van der Waals surface area contributed by atoms with Crippen LogP contribution in [0.4, 0.5) is 0 Å². The molecule has 2 aromatic carbocycles. The SMILES string of the molecule is COc1ccc(CCNC(=O)C(=CO)c2ccc(Br)cc2)cc1OC. The summed E-state index contributed by atoms with van der Waals surface area (Å²) in [6.45, 7) is 0.433. The first-order valence-corrected chi connectivity index (χ1v) is 8.47. The number of rotatable bonds is 7. The van der Waals surface area contributed by atoms with Gasteiger partial charge in [0.15, 0.2) is 11.5 Å². The average Bonchev–Trinajstić information content (AvgIpc) is 2.63. The molecule has 132 valence electrons. The third-order valence-electron chi connectivity index (χ3n) is 3.68. The molecule has 0 aromatic heterocycles. The summed E-state index contributed by atoms with van der Waals surface area (Å²) in [7, 11) is 3.17. The number of carbonyl (C=O) groups excluding carboxylic acids is 1. The molecule has 0 saturated heterocycles. The van der Waals surface area contributed by atoms with E-state index in [1.807, 2.05) is 30.3 Å². The minimum atomic E-state index is -0.328. The molecule has 0 bridgehead atoms. The predicted octanol–water partition coefficient (Wildman–Crippen LogP) is 3.72. The third kappa shape index (κ3) is 5.00. The maximum Gasteiger partial charge on any atom is 0.255 e. The molecular weight excluding hydrogens is 386 g/mol. The Balaban J connectivity index is 1.96. The van der Waals surface area contributed by atoms with Crippen LogP contribution in [0.5, 0.6) is 11.5 Å². The van der Waals surface area contributed by atoms with Crippen molar-refractivity contribution in [2.75, 3.05) is 20.8 Å². The van der Waals surface area contributed by atoms with Gasteiger partial charge in [-0.15, -0.1) is 0 Å². The highest BCUT2D eigenvalue weighted by molar-refractivity contribution is 9.10. The predicted molar refractivity (Wildman–Crippen MR) is 101 cm³/mol. The van der Waals surface area contributed by atoms with Crippen molar-refractivity contribution in [2.45, 2.75) is 6.42 Å². The van der Waals surface area contributed by atoms with Crippen LogP contribution in [0.3, 0.4) is 0 Å². The molecule has 0 spiro atoms. The van der Waals surface area contributed by atoms with Crippen LogP contribution in [-0.4, -0.2) is 31.8 Å². The fourth-order valence-electron chi connectivity index (χ4n) is 2.35. The molecule has 0 heterocycles. The van der Waals surface area contributed by atoms with Crippen LogP contribution in [0, 0.1) is 0 Å². The van der Waals surface area contributed by atoms with E-state index < -0.39 is 0 Å². The maximum atomic E-state index is 12.3. The Morgan fingerprint density at radius 2 is 1.80 bits per heavy atom. The highest BCUT2D eigenvalue weighted by atomic mass is 79.9. The summed E-state index contributed by atoms with van der Waals surface area (Å²) in [5.74, 6) is 0.985. The van der Waals surface area contributed by atoms with Crippen LogP contribution in [0.15, 0.2) is 53.2 Å². The van der Waals surface area contributed by atoms with Gasteiger partial charge in [0.1, 0.15) is 0 Å². The van der Waals surface area contributed by atoms with Crippen molar-refractivity contribution in [3.05, 3.63) is 64.3 Å². The lowest BCUT2D eigenvalue weighted by Crippen LogP contribution is -2.26. The van der Waals surface area contributed by atoms with E-state index in [4.69, 9.17) is 9.47 Å². The van der Waals surface area contributed by atoms with Crippen molar-refractivity contribution in [1.29, 1.82) is 0 Å². The highest BCUT2D eigenvalue weighted by Gasteiger charge is 2.12. The normalized spacial score (nSPS) is 11.1. The van der Waals surface area contributed by atoms with Crippen molar-refractivity contribution < 1.29 is 19.4 Å². The van der Waals surface area contributed by atoms with Gasteiger partial charge in [0.2, 0.25) is 0 Å². The minimum Gasteiger partial charge on any atom is -0.515 e. The highest BCUT2D eigenvalue weighted by Crippen LogP contribution is 2.27. The zero-order valence-electron chi connectivity index (χ0n) is 14.1. The molecule has 0 aliphatic carbocycles. The van der Waals surface area contributed by atoms with Gasteiger partial charge in [-0.3, -0.25) is 4.79 Å². The van der Waals surface area contributed by atoms with E-state index in [1.165, 1.54) is 0 Å². The Kier molecular flexibility index (Phi) is 6.89. The van der Waals surface area contributed by atoms with Crippen LogP contribution in [0.25, 0.3) is 5.57 Å². The zero-order chi connectivity index (χ0) is 18.2. The lowest BCUT2D eigenvalue weighted by atomic mass is 10.1. The summed E-state index contributed by atoms with van der Waals surface area (Å²) in [5.41, 5.74) is 1.88. The van der Waals surface area contributed by atoms with E-state index in [9.17, 15) is 9.90 Å². The Bertz CT molecular complexity index is 757. The molecule has 0 atom stereocenters. The number of carbonyl (C=O) groups is 1. The first-order valence-electron chi connectivity index (χ1n) is 7.68. The molecule has 2 aromatic rings. The maximum absolute atomic E-state index is 12.3. The molecule has 0 unspecified atom stereocenters. The average molecular weight is 406 g/mol. The Labute approximate surface area is 155 Å². The first kappa shape index (κ1) is 18.9. The number of hydrogen-bond acceptors (Lipinski definition) is 4. The molecule has 1 amide bonds. The van der Waals surface area contributed by atoms with E-state index >= 15 is 0 Å². The van der Waals surface area contributed by atoms with E-state index in [-0.39, 0.29) is 11.5 Å². The van der Waals surface area contributed by atoms with Crippen LogP contribution in [0.1, 0.15) is 11.1 Å². The largest absolute Gasteiger partial charge is 0.515 e. The molecule has 25 heavy (non-hydrogen) atoms. The number of aliphatic hydroxyl groups excluding tert-OH is 1. The number of aliphatic hydroxyl groups is 1. The molecule has 2 N–H and O–H groups in total. The van der Waals surface area contributed by atoms with Crippen molar-refractivity contribution in [2.24, 2.45) is 0 Å². The molecule has 0 fully saturated rings. The lowest BCUT2D eigenvalue weighted by molar-refractivity contribution is -0.115. The van der Waals surface area contributed by atoms with Gasteiger partial charge in [-0.1, -0.05) is 34.1 Å². The number of methoxy groups -OCH3 is 2. The van der Waals surface area contributed by atoms with Gasteiger partial charge in [0.25, 0.3) is 5.91 Å². The van der Waals surface area contributed by atoms with Gasteiger partial charge in [0, 0.05) is 11.0 Å². The van der Waals surface area contributed by atoms with Crippen molar-refractivity contribution in [3.63, 3.8) is 0 Å². The summed E-state index contributed by atoms with van der Waals surface area (Å²) in [6.07, 6.45) is 1.46. The van der Waals surface area contributed by atoms with Gasteiger partial charge in [-0.05, 0) is 41.8 Å². The third-order valence-corrected chi connectivity index (χ3v) is 4.20. The standard InChI is InChI=1S/C19H20BrNO4/c1-24-17-8-3-13(11-18(17)25-2)9-10-21-19(23)16(12-22)14-4-6-15(20)7-5-14/h3-8,11-12,22H,9-10H2,1-2H3,(H,21,23). The van der Waals surface area contributed by atoms with Crippen molar-refractivity contribution in [1.82, 2.24) is 5.32 Å². The molecule has 0 aliphatic rings. The second kappa shape index (κ2) is 9.13. The Hall–Kier alpha value is -2.47. The summed E-state index contributed by atoms with van der Waals surface area (Å²) in [6, 6.07) is 12.8. The molecule has 5 nitrogen and oxygen atoms in total. The number of nitrogens with one attached hydrogen (secondary N) is 1. The van der Waals surface area contributed by atoms with Gasteiger partial charge in [-0.2, -0.15) is 0 Å². The van der Waals surface area contributed by atoms with Crippen molar-refractivity contribution >= 4 is 27.4 Å². The number of amides is 1. The fraction of sp³-hybridized carbons (Fsp3) is 0.211. The van der Waals surface area contributed by atoms with Crippen LogP contribution < -0.4 is 14.8 Å². The van der Waals surface area contributed by atoms with Crippen molar-refractivity contribution in [3.8, 4) is 11.5 Å². The second-order valence-corrected chi connectivity index (χ2v) is 6.16. The molecule has 0 aliphatic heterocycles. The second-order valence-electron chi connectivity index (χ2n) is 5.24. The van der Waals surface area contributed by atoms with Gasteiger partial charge >= 0.3 is 0 Å². The van der Waals surface area contributed by atoms with Gasteiger partial charge < -0.3 is 19.9 Å². The monoisotopic (exact) mass is 405 g/mol. The smallest absolute Gasteiger partial charge is 0.255 e. The minimum absolute atomic E-state index is 0.222. The summed E-state index contributed by atoms with van der Waals surface area (Å²) in [5, 5.41) is 12.2. The number of hydrogen-bond donors (Lipinski definition) is 2. The molecule has 6 heteroatoms. The van der Waals surface area contributed by atoms with Crippen LogP contribution in [0.2, 0.25) is 0 Å². The Morgan fingerprint density at radius 1 is 1.12 bits per heavy atom. The summed E-state index contributed by atoms with van der Waals surface area (Å²) in [4.78, 5) is 12.3. The Morgan fingerprint density at radius 3 is 2.40 bits per heavy atom. The van der Waals surface area contributed by atoms with Gasteiger partial charge in [-0.25, -0.2) is 0 Å². The van der Waals surface area contributed by atoms with E-state index in [0.29, 0.717) is 30.0 Å². The van der Waals surface area contributed by atoms with Crippen LogP contribution in [-0.2, 0) is 11.2 Å². The number of halogens is 1. The molecule has 2 rings (SSSR count). The zero-order valence-corrected chi connectivity index (χ0v) is 15.7. The first-order chi connectivity index (χ1) is 12.1. The quantitative estimate of drug-likeness (QED) is 0.543. The van der Waals surface area contributed by atoms with Crippen LogP contribution >= 0.6 is 15.9 Å². The molecule has 0 saturated carbocycles. The number of benzene rings is 2. The van der Waals surface area contributed by atoms with E-state index in [1.54, 1.807) is 26.4 Å². The molecular formula is C19H20BrNO4. The number of ether oxygens (including phenoxy) is 2. The summed E-state index contributed by atoms with van der Waals surface area (Å²) >= 11 is 3.34. The summed E-state index contributed by atoms with van der Waals surface area (Å²) < 4.78 is 11.4. The fourth-order valence-corrected chi connectivity index (χ4v) is 2.61. The van der Waals surface area contributed by atoms with E-state index in [0.717, 1.165) is 16.3 Å². The van der Waals surface area contributed by atoms with E-state index in [2.05, 4.69) is 21.2 Å². The molecule has 0 radical (unpaired) electrons. The topological polar surface area (TPSA) is 67.8 Å².